The summed E-state index contributed by atoms with van der Waals surface area (Å²) in [7, 11) is 0. The highest BCUT2D eigenvalue weighted by atomic mass is 16.5. The van der Waals surface area contributed by atoms with Crippen molar-refractivity contribution in [3.8, 4) is 0 Å². The summed E-state index contributed by atoms with van der Waals surface area (Å²) in [6.45, 7) is 8.69. The van der Waals surface area contributed by atoms with Crippen LogP contribution in [0.25, 0.3) is 0 Å². The van der Waals surface area contributed by atoms with Gasteiger partial charge in [-0.25, -0.2) is 0 Å². The molecule has 0 aliphatic carbocycles. The van der Waals surface area contributed by atoms with Gasteiger partial charge in [-0.1, -0.05) is 6.92 Å². The Morgan fingerprint density at radius 2 is 2.33 bits per heavy atom. The number of aliphatic hydroxyl groups excluding tert-OH is 1. The monoisotopic (exact) mass is 259 g/mol. The number of ether oxygens (including phenoxy) is 2. The summed E-state index contributed by atoms with van der Waals surface area (Å²) in [6.07, 6.45) is 4.16. The minimum atomic E-state index is -0.157. The minimum absolute atomic E-state index is 0.157. The van der Waals surface area contributed by atoms with Gasteiger partial charge in [0.2, 0.25) is 0 Å². The van der Waals surface area contributed by atoms with E-state index in [1.165, 1.54) is 0 Å². The molecule has 1 heterocycles. The van der Waals surface area contributed by atoms with Crippen molar-refractivity contribution in [3.05, 3.63) is 0 Å². The molecule has 0 radical (unpaired) electrons. The second-order valence-corrected chi connectivity index (χ2v) is 5.55. The number of aliphatic hydroxyl groups is 1. The highest BCUT2D eigenvalue weighted by Crippen LogP contribution is 2.14. The van der Waals surface area contributed by atoms with Crippen molar-refractivity contribution in [2.75, 3.05) is 39.6 Å². The van der Waals surface area contributed by atoms with Crippen LogP contribution < -0.4 is 5.32 Å². The van der Waals surface area contributed by atoms with Gasteiger partial charge in [-0.15, -0.1) is 0 Å². The molecule has 18 heavy (non-hydrogen) atoms. The molecule has 1 saturated heterocycles. The minimum Gasteiger partial charge on any atom is -0.394 e. The van der Waals surface area contributed by atoms with E-state index in [1.54, 1.807) is 0 Å². The van der Waals surface area contributed by atoms with E-state index in [9.17, 15) is 5.11 Å². The number of hydrogen-bond donors (Lipinski definition) is 2. The Kier molecular flexibility index (Phi) is 7.82. The molecule has 1 aliphatic heterocycles. The van der Waals surface area contributed by atoms with Gasteiger partial charge in [0.1, 0.15) is 0 Å². The van der Waals surface area contributed by atoms with E-state index in [0.29, 0.717) is 5.92 Å². The summed E-state index contributed by atoms with van der Waals surface area (Å²) in [5.74, 6) is 0.590. The van der Waals surface area contributed by atoms with Crippen molar-refractivity contribution in [1.29, 1.82) is 0 Å². The summed E-state index contributed by atoms with van der Waals surface area (Å²) in [4.78, 5) is 0. The van der Waals surface area contributed by atoms with Crippen LogP contribution in [-0.2, 0) is 9.47 Å². The molecule has 0 amide bonds. The van der Waals surface area contributed by atoms with Crippen LogP contribution in [0.2, 0.25) is 0 Å². The topological polar surface area (TPSA) is 50.7 Å². The molecule has 2 N–H and O–H groups in total. The van der Waals surface area contributed by atoms with Gasteiger partial charge in [0.15, 0.2) is 0 Å². The Morgan fingerprint density at radius 3 is 2.94 bits per heavy atom. The molecule has 0 aromatic rings. The van der Waals surface area contributed by atoms with Gasteiger partial charge < -0.3 is 19.9 Å². The second-order valence-electron chi connectivity index (χ2n) is 5.55. The Labute approximate surface area is 111 Å². The normalized spacial score (nSPS) is 23.2. The van der Waals surface area contributed by atoms with Crippen LogP contribution in [0.1, 0.15) is 39.5 Å². The fraction of sp³-hybridized carbons (Fsp3) is 1.00. The molecular formula is C14H29NO3. The van der Waals surface area contributed by atoms with Crippen molar-refractivity contribution in [2.45, 2.75) is 45.1 Å². The molecule has 108 valence electrons. The zero-order valence-corrected chi connectivity index (χ0v) is 11.9. The van der Waals surface area contributed by atoms with Gasteiger partial charge in [-0.3, -0.25) is 0 Å². The predicted octanol–water partition coefficient (Wildman–Crippen LogP) is 1.57. The Hall–Kier alpha value is -0.160. The van der Waals surface area contributed by atoms with Crippen LogP contribution >= 0.6 is 0 Å². The molecule has 2 unspecified atom stereocenters. The zero-order chi connectivity index (χ0) is 13.3. The zero-order valence-electron chi connectivity index (χ0n) is 11.9. The first-order valence-electron chi connectivity index (χ1n) is 7.21. The van der Waals surface area contributed by atoms with Crippen LogP contribution in [0, 0.1) is 5.92 Å². The van der Waals surface area contributed by atoms with E-state index in [2.05, 4.69) is 19.2 Å². The lowest BCUT2D eigenvalue weighted by Crippen LogP contribution is -2.46. The summed E-state index contributed by atoms with van der Waals surface area (Å²) in [5.41, 5.74) is -0.157. The average molecular weight is 259 g/mol. The second kappa shape index (κ2) is 8.86. The molecule has 1 aliphatic rings. The van der Waals surface area contributed by atoms with E-state index in [1.807, 2.05) is 0 Å². The first-order chi connectivity index (χ1) is 8.70. The van der Waals surface area contributed by atoms with Gasteiger partial charge in [-0.2, -0.15) is 0 Å². The molecule has 1 rings (SSSR count). The molecule has 0 spiro atoms. The largest absolute Gasteiger partial charge is 0.394 e. The van der Waals surface area contributed by atoms with Gasteiger partial charge in [0.25, 0.3) is 0 Å². The van der Waals surface area contributed by atoms with Crippen LogP contribution in [0.3, 0.4) is 0 Å². The predicted molar refractivity (Wildman–Crippen MR) is 72.8 cm³/mol. The van der Waals surface area contributed by atoms with E-state index >= 15 is 0 Å². The fourth-order valence-electron chi connectivity index (χ4n) is 2.18. The van der Waals surface area contributed by atoms with Crippen molar-refractivity contribution in [3.63, 3.8) is 0 Å². The Bertz CT molecular complexity index is 207. The van der Waals surface area contributed by atoms with E-state index in [0.717, 1.165) is 58.7 Å². The first kappa shape index (κ1) is 15.9. The van der Waals surface area contributed by atoms with Gasteiger partial charge in [0, 0.05) is 24.7 Å². The molecule has 4 nitrogen and oxygen atoms in total. The molecule has 1 fully saturated rings. The van der Waals surface area contributed by atoms with Crippen molar-refractivity contribution < 1.29 is 14.6 Å². The molecule has 0 aromatic carbocycles. The van der Waals surface area contributed by atoms with Crippen molar-refractivity contribution in [1.82, 2.24) is 5.32 Å². The van der Waals surface area contributed by atoms with Crippen molar-refractivity contribution >= 4 is 0 Å². The maximum Gasteiger partial charge on any atom is 0.0610 e. The maximum absolute atomic E-state index is 9.42. The number of nitrogens with one attached hydrogen (secondary N) is 1. The quantitative estimate of drug-likeness (QED) is 0.585. The number of rotatable bonds is 10. The highest BCUT2D eigenvalue weighted by Gasteiger charge is 2.21. The van der Waals surface area contributed by atoms with Gasteiger partial charge in [0.05, 0.1) is 19.8 Å². The molecule has 4 heteroatoms. The lowest BCUT2D eigenvalue weighted by molar-refractivity contribution is 0.0784. The SMILES string of the molecule is CCCNC(C)(CO)CCCOCC1CCOC1. The standard InChI is InChI=1S/C14H29NO3/c1-3-7-15-14(2,12-16)6-4-8-17-10-13-5-9-18-11-13/h13,15-16H,3-12H2,1-2H3. The van der Waals surface area contributed by atoms with Crippen LogP contribution in [0.4, 0.5) is 0 Å². The van der Waals surface area contributed by atoms with Crippen LogP contribution in [-0.4, -0.2) is 50.2 Å². The maximum atomic E-state index is 9.42. The van der Waals surface area contributed by atoms with Gasteiger partial charge in [-0.05, 0) is 39.2 Å². The molecule has 2 atom stereocenters. The first-order valence-corrected chi connectivity index (χ1v) is 7.21. The van der Waals surface area contributed by atoms with E-state index in [-0.39, 0.29) is 12.1 Å². The summed E-state index contributed by atoms with van der Waals surface area (Å²) < 4.78 is 11.0. The fourth-order valence-corrected chi connectivity index (χ4v) is 2.18. The lowest BCUT2D eigenvalue weighted by atomic mass is 9.97. The molecule has 0 bridgehead atoms. The third kappa shape index (κ3) is 6.14. The Balaban J connectivity index is 2.03. The van der Waals surface area contributed by atoms with Crippen LogP contribution in [0.15, 0.2) is 0 Å². The third-order valence-electron chi connectivity index (χ3n) is 3.55. The number of hydrogen-bond acceptors (Lipinski definition) is 4. The van der Waals surface area contributed by atoms with Gasteiger partial charge >= 0.3 is 0 Å². The smallest absolute Gasteiger partial charge is 0.0610 e. The summed E-state index contributed by atoms with van der Waals surface area (Å²) in [6, 6.07) is 0. The van der Waals surface area contributed by atoms with E-state index < -0.39 is 0 Å². The summed E-state index contributed by atoms with van der Waals surface area (Å²) in [5, 5.41) is 12.8. The average Bonchev–Trinajstić information content (AvgIpc) is 2.89. The highest BCUT2D eigenvalue weighted by molar-refractivity contribution is 4.81. The summed E-state index contributed by atoms with van der Waals surface area (Å²) >= 11 is 0. The molecule has 0 aromatic heterocycles. The van der Waals surface area contributed by atoms with Crippen LogP contribution in [0.5, 0.6) is 0 Å². The van der Waals surface area contributed by atoms with E-state index in [4.69, 9.17) is 9.47 Å². The lowest BCUT2D eigenvalue weighted by Gasteiger charge is -2.28. The third-order valence-corrected chi connectivity index (χ3v) is 3.55. The molecular weight excluding hydrogens is 230 g/mol. The Morgan fingerprint density at radius 1 is 1.50 bits per heavy atom. The molecule has 0 saturated carbocycles. The van der Waals surface area contributed by atoms with Crippen molar-refractivity contribution in [2.24, 2.45) is 5.92 Å².